The van der Waals surface area contributed by atoms with Crippen LogP contribution >= 0.6 is 11.8 Å². The van der Waals surface area contributed by atoms with Gasteiger partial charge in [-0.3, -0.25) is 0 Å². The van der Waals surface area contributed by atoms with Crippen molar-refractivity contribution in [3.8, 4) is 12.1 Å². The van der Waals surface area contributed by atoms with Gasteiger partial charge in [-0.1, -0.05) is 56.3 Å². The summed E-state index contributed by atoms with van der Waals surface area (Å²) < 4.78 is 11.0. The third-order valence-electron chi connectivity index (χ3n) is 6.81. The van der Waals surface area contributed by atoms with Crippen molar-refractivity contribution in [1.29, 1.82) is 10.5 Å². The molecular formula is C29H30N4O3S. The number of esters is 1. The fraction of sp³-hybridized carbons (Fsp3) is 0.379. The fourth-order valence-electron chi connectivity index (χ4n) is 4.78. The zero-order valence-corrected chi connectivity index (χ0v) is 22.2. The van der Waals surface area contributed by atoms with Gasteiger partial charge in [0.1, 0.15) is 28.5 Å². The van der Waals surface area contributed by atoms with Gasteiger partial charge in [0, 0.05) is 5.69 Å². The van der Waals surface area contributed by atoms with E-state index < -0.39 is 11.9 Å². The van der Waals surface area contributed by atoms with Crippen LogP contribution in [-0.2, 0) is 27.1 Å². The number of aromatic nitrogens is 1. The standard InChI is InChI=1S/C29H30N4O3S/c1-17(2)18-9-11-19(12-10-18)25-22(15-31)27(32)36-24(26(25)29(34)35-3)16-37-28-21(14-30)13-20-7-5-4-6-8-23(20)33-28/h9-13,17,25H,4-8,16,32H2,1-3H3. The number of nitrogens with two attached hydrogens (primary N) is 1. The van der Waals surface area contributed by atoms with Gasteiger partial charge >= 0.3 is 5.97 Å². The molecule has 1 aliphatic carbocycles. The first-order valence-corrected chi connectivity index (χ1v) is 13.4. The van der Waals surface area contributed by atoms with Gasteiger partial charge in [0.05, 0.1) is 29.9 Å². The molecule has 0 radical (unpaired) electrons. The lowest BCUT2D eigenvalue weighted by Crippen LogP contribution is -2.26. The van der Waals surface area contributed by atoms with Crippen LogP contribution in [-0.4, -0.2) is 23.8 Å². The van der Waals surface area contributed by atoms with Crippen LogP contribution in [0.5, 0.6) is 0 Å². The normalized spacial score (nSPS) is 17.4. The maximum atomic E-state index is 13.1. The molecule has 0 spiro atoms. The minimum Gasteiger partial charge on any atom is -0.466 e. The largest absolute Gasteiger partial charge is 0.466 e. The minimum atomic E-state index is -0.724. The number of hydrogen-bond acceptors (Lipinski definition) is 8. The van der Waals surface area contributed by atoms with E-state index in [0.717, 1.165) is 54.5 Å². The van der Waals surface area contributed by atoms with Crippen molar-refractivity contribution in [1.82, 2.24) is 4.98 Å². The Morgan fingerprint density at radius 1 is 1.19 bits per heavy atom. The van der Waals surface area contributed by atoms with Crippen molar-refractivity contribution in [2.24, 2.45) is 5.73 Å². The Morgan fingerprint density at radius 3 is 2.57 bits per heavy atom. The zero-order chi connectivity index (χ0) is 26.5. The van der Waals surface area contributed by atoms with E-state index in [1.165, 1.54) is 18.9 Å². The highest BCUT2D eigenvalue weighted by Gasteiger charge is 2.37. The Morgan fingerprint density at radius 2 is 1.92 bits per heavy atom. The monoisotopic (exact) mass is 514 g/mol. The first-order chi connectivity index (χ1) is 17.9. The molecule has 2 aliphatic rings. The maximum absolute atomic E-state index is 13.1. The molecule has 8 heteroatoms. The molecule has 190 valence electrons. The smallest absolute Gasteiger partial charge is 0.338 e. The van der Waals surface area contributed by atoms with Gasteiger partial charge in [-0.25, -0.2) is 9.78 Å². The molecule has 2 aromatic rings. The predicted octanol–water partition coefficient (Wildman–Crippen LogP) is 5.37. The summed E-state index contributed by atoms with van der Waals surface area (Å²) in [5.41, 5.74) is 11.1. The number of allylic oxidation sites excluding steroid dienone is 1. The van der Waals surface area contributed by atoms with Gasteiger partial charge in [-0.2, -0.15) is 10.5 Å². The number of ether oxygens (including phenoxy) is 2. The fourth-order valence-corrected chi connectivity index (χ4v) is 5.70. The lowest BCUT2D eigenvalue weighted by molar-refractivity contribution is -0.136. The molecule has 2 heterocycles. The second-order valence-corrected chi connectivity index (χ2v) is 10.4. The number of nitrogens with zero attached hydrogens (tertiary/aromatic N) is 3. The molecule has 0 amide bonds. The zero-order valence-electron chi connectivity index (χ0n) is 21.3. The number of methoxy groups -OCH3 is 1. The maximum Gasteiger partial charge on any atom is 0.338 e. The molecule has 4 rings (SSSR count). The van der Waals surface area contributed by atoms with Crippen molar-refractivity contribution in [2.75, 3.05) is 12.9 Å². The predicted molar refractivity (Wildman–Crippen MR) is 141 cm³/mol. The molecule has 1 aliphatic heterocycles. The molecule has 1 unspecified atom stereocenters. The van der Waals surface area contributed by atoms with Crippen molar-refractivity contribution in [3.63, 3.8) is 0 Å². The Labute approximate surface area is 222 Å². The summed E-state index contributed by atoms with van der Waals surface area (Å²) in [7, 11) is 1.30. The summed E-state index contributed by atoms with van der Waals surface area (Å²) >= 11 is 1.32. The number of thioether (sulfide) groups is 1. The summed E-state index contributed by atoms with van der Waals surface area (Å²) in [5.74, 6) is -0.524. The Kier molecular flexibility index (Phi) is 8.21. The summed E-state index contributed by atoms with van der Waals surface area (Å²) in [6.45, 7) is 4.20. The van der Waals surface area contributed by atoms with Gasteiger partial charge in [0.15, 0.2) is 0 Å². The van der Waals surface area contributed by atoms with Crippen LogP contribution in [0.4, 0.5) is 0 Å². The van der Waals surface area contributed by atoms with Crippen LogP contribution in [0, 0.1) is 22.7 Å². The molecule has 0 saturated heterocycles. The summed E-state index contributed by atoms with van der Waals surface area (Å²) in [5, 5.41) is 20.3. The molecule has 2 N–H and O–H groups in total. The highest BCUT2D eigenvalue weighted by Crippen LogP contribution is 2.41. The average Bonchev–Trinajstić information content (AvgIpc) is 3.15. The number of hydrogen-bond donors (Lipinski definition) is 1. The highest BCUT2D eigenvalue weighted by atomic mass is 32.2. The first kappa shape index (κ1) is 26.3. The average molecular weight is 515 g/mol. The van der Waals surface area contributed by atoms with Gasteiger partial charge < -0.3 is 15.2 Å². The van der Waals surface area contributed by atoms with Gasteiger partial charge in [0.25, 0.3) is 0 Å². The number of nitriles is 2. The van der Waals surface area contributed by atoms with Crippen LogP contribution in [0.3, 0.4) is 0 Å². The number of rotatable bonds is 6. The number of fused-ring (bicyclic) bond motifs is 1. The number of aryl methyl sites for hydroxylation is 2. The highest BCUT2D eigenvalue weighted by molar-refractivity contribution is 7.99. The van der Waals surface area contributed by atoms with E-state index in [0.29, 0.717) is 22.3 Å². The van der Waals surface area contributed by atoms with Crippen molar-refractivity contribution >= 4 is 17.7 Å². The Balaban J connectivity index is 1.74. The molecule has 0 fully saturated rings. The van der Waals surface area contributed by atoms with Crippen LogP contribution in [0.1, 0.15) is 72.9 Å². The Bertz CT molecular complexity index is 1350. The van der Waals surface area contributed by atoms with Gasteiger partial charge in [0.2, 0.25) is 5.88 Å². The Hall–Kier alpha value is -3.75. The van der Waals surface area contributed by atoms with Crippen molar-refractivity contribution < 1.29 is 14.3 Å². The summed E-state index contributed by atoms with van der Waals surface area (Å²) in [4.78, 5) is 17.9. The van der Waals surface area contributed by atoms with E-state index in [-0.39, 0.29) is 22.8 Å². The lowest BCUT2D eigenvalue weighted by atomic mass is 9.82. The van der Waals surface area contributed by atoms with Crippen molar-refractivity contribution in [2.45, 2.75) is 62.8 Å². The molecule has 0 saturated carbocycles. The van der Waals surface area contributed by atoms with E-state index in [4.69, 9.17) is 20.2 Å². The van der Waals surface area contributed by atoms with Gasteiger partial charge in [-0.15, -0.1) is 0 Å². The van der Waals surface area contributed by atoms with E-state index in [1.54, 1.807) is 0 Å². The number of benzene rings is 1. The van der Waals surface area contributed by atoms with E-state index in [2.05, 4.69) is 26.0 Å². The molecule has 1 aromatic carbocycles. The lowest BCUT2D eigenvalue weighted by Gasteiger charge is -2.28. The second-order valence-electron chi connectivity index (χ2n) is 9.48. The van der Waals surface area contributed by atoms with E-state index >= 15 is 0 Å². The topological polar surface area (TPSA) is 122 Å². The number of pyridine rings is 1. The minimum absolute atomic E-state index is 0.0425. The first-order valence-electron chi connectivity index (χ1n) is 12.4. The number of carbonyl (C=O) groups excluding carboxylic acids is 1. The van der Waals surface area contributed by atoms with E-state index in [1.807, 2.05) is 30.3 Å². The molecule has 7 nitrogen and oxygen atoms in total. The van der Waals surface area contributed by atoms with E-state index in [9.17, 15) is 15.3 Å². The molecule has 0 bridgehead atoms. The van der Waals surface area contributed by atoms with Crippen LogP contribution in [0.2, 0.25) is 0 Å². The summed E-state index contributed by atoms with van der Waals surface area (Å²) in [6, 6.07) is 14.1. The third-order valence-corrected chi connectivity index (χ3v) is 7.81. The SMILES string of the molecule is COC(=O)C1=C(CSc2nc3c(cc2C#N)CCCCC3)OC(N)=C(C#N)C1c1ccc(C(C)C)cc1. The number of carbonyl (C=O) groups is 1. The summed E-state index contributed by atoms with van der Waals surface area (Å²) in [6.07, 6.45) is 5.14. The van der Waals surface area contributed by atoms with Crippen LogP contribution in [0.25, 0.3) is 0 Å². The quantitative estimate of drug-likeness (QED) is 0.310. The second kappa shape index (κ2) is 11.5. The molecular weight excluding hydrogens is 484 g/mol. The third kappa shape index (κ3) is 5.50. The van der Waals surface area contributed by atoms with Crippen LogP contribution < -0.4 is 5.73 Å². The molecule has 1 aromatic heterocycles. The van der Waals surface area contributed by atoms with Crippen molar-refractivity contribution in [3.05, 3.63) is 81.1 Å². The van der Waals surface area contributed by atoms with Crippen LogP contribution in [0.15, 0.2) is 58.1 Å². The molecule has 1 atom stereocenters. The van der Waals surface area contributed by atoms with Gasteiger partial charge in [-0.05, 0) is 54.4 Å². The molecule has 37 heavy (non-hydrogen) atoms.